The zero-order valence-electron chi connectivity index (χ0n) is 17.7. The fourth-order valence-corrected chi connectivity index (χ4v) is 3.25. The summed E-state index contributed by atoms with van der Waals surface area (Å²) in [7, 11) is 0. The first-order valence-corrected chi connectivity index (χ1v) is 10.3. The second-order valence-corrected chi connectivity index (χ2v) is 7.39. The number of amides is 1. The van der Waals surface area contributed by atoms with Gasteiger partial charge in [0.15, 0.2) is 5.69 Å². The quantitative estimate of drug-likeness (QED) is 0.451. The average molecular weight is 430 g/mol. The highest BCUT2D eigenvalue weighted by Crippen LogP contribution is 2.13. The van der Waals surface area contributed by atoms with Crippen LogP contribution in [0.4, 0.5) is 4.39 Å². The molecule has 7 heteroatoms. The van der Waals surface area contributed by atoms with Gasteiger partial charge >= 0.3 is 0 Å². The summed E-state index contributed by atoms with van der Waals surface area (Å²) in [6, 6.07) is 23.8. The summed E-state index contributed by atoms with van der Waals surface area (Å²) in [4.78, 5) is 12.6. The Labute approximate surface area is 185 Å². The standard InChI is InChI=1S/C25H23FN4O2/c1-18-24(28-29-30(18)23-13-11-22(26)12-14-23)25(31)27-15-19-7-9-21(10-8-19)17-32-16-20-5-3-2-4-6-20/h2-14H,15-17H2,1H3,(H,27,31). The Kier molecular flexibility index (Phi) is 6.67. The molecule has 3 aromatic carbocycles. The van der Waals surface area contributed by atoms with E-state index in [1.165, 1.54) is 16.8 Å². The highest BCUT2D eigenvalue weighted by atomic mass is 19.1. The van der Waals surface area contributed by atoms with E-state index in [0.29, 0.717) is 31.1 Å². The molecule has 0 atom stereocenters. The third-order valence-corrected chi connectivity index (χ3v) is 5.04. The number of carbonyl (C=O) groups is 1. The molecule has 0 fully saturated rings. The van der Waals surface area contributed by atoms with E-state index in [0.717, 1.165) is 16.7 Å². The van der Waals surface area contributed by atoms with Gasteiger partial charge in [-0.3, -0.25) is 4.79 Å². The molecular formula is C25H23FN4O2. The number of halogens is 1. The lowest BCUT2D eigenvalue weighted by atomic mass is 10.1. The van der Waals surface area contributed by atoms with Crippen LogP contribution < -0.4 is 5.32 Å². The summed E-state index contributed by atoms with van der Waals surface area (Å²) >= 11 is 0. The van der Waals surface area contributed by atoms with E-state index in [2.05, 4.69) is 15.6 Å². The molecule has 4 aromatic rings. The van der Waals surface area contributed by atoms with Gasteiger partial charge in [-0.2, -0.15) is 0 Å². The maximum Gasteiger partial charge on any atom is 0.274 e. The molecule has 1 heterocycles. The lowest BCUT2D eigenvalue weighted by Gasteiger charge is -2.07. The topological polar surface area (TPSA) is 69.0 Å². The van der Waals surface area contributed by atoms with Gasteiger partial charge in [0.05, 0.1) is 24.6 Å². The van der Waals surface area contributed by atoms with Crippen LogP contribution in [0.5, 0.6) is 0 Å². The molecule has 1 aromatic heterocycles. The van der Waals surface area contributed by atoms with Gasteiger partial charge in [-0.1, -0.05) is 59.8 Å². The van der Waals surface area contributed by atoms with E-state index < -0.39 is 0 Å². The fraction of sp³-hybridized carbons (Fsp3) is 0.160. The molecule has 0 radical (unpaired) electrons. The molecule has 0 aliphatic rings. The maximum atomic E-state index is 13.1. The highest BCUT2D eigenvalue weighted by Gasteiger charge is 2.17. The van der Waals surface area contributed by atoms with Crippen LogP contribution >= 0.6 is 0 Å². The van der Waals surface area contributed by atoms with Crippen molar-refractivity contribution in [1.29, 1.82) is 0 Å². The lowest BCUT2D eigenvalue weighted by Crippen LogP contribution is -2.24. The first-order chi connectivity index (χ1) is 15.6. The van der Waals surface area contributed by atoms with E-state index in [4.69, 9.17) is 4.74 Å². The van der Waals surface area contributed by atoms with Crippen molar-refractivity contribution >= 4 is 5.91 Å². The van der Waals surface area contributed by atoms with Gasteiger partial charge in [0, 0.05) is 6.54 Å². The van der Waals surface area contributed by atoms with Crippen molar-refractivity contribution in [3.8, 4) is 5.69 Å². The number of carbonyl (C=O) groups excluding carboxylic acids is 1. The van der Waals surface area contributed by atoms with E-state index in [-0.39, 0.29) is 17.4 Å². The lowest BCUT2D eigenvalue weighted by molar-refractivity contribution is 0.0945. The third-order valence-electron chi connectivity index (χ3n) is 5.04. The van der Waals surface area contributed by atoms with Crippen molar-refractivity contribution in [2.75, 3.05) is 0 Å². The molecule has 162 valence electrons. The summed E-state index contributed by atoms with van der Waals surface area (Å²) in [5.41, 5.74) is 4.63. The summed E-state index contributed by atoms with van der Waals surface area (Å²) in [6.07, 6.45) is 0. The number of hydrogen-bond donors (Lipinski definition) is 1. The number of nitrogens with one attached hydrogen (secondary N) is 1. The number of hydrogen-bond acceptors (Lipinski definition) is 4. The van der Waals surface area contributed by atoms with Gasteiger partial charge in [0.2, 0.25) is 0 Å². The zero-order valence-corrected chi connectivity index (χ0v) is 17.7. The molecule has 4 rings (SSSR count). The fourth-order valence-electron chi connectivity index (χ4n) is 3.25. The van der Waals surface area contributed by atoms with Crippen molar-refractivity contribution < 1.29 is 13.9 Å². The molecular weight excluding hydrogens is 407 g/mol. The van der Waals surface area contributed by atoms with Gasteiger partial charge in [-0.15, -0.1) is 5.10 Å². The largest absolute Gasteiger partial charge is 0.372 e. The Bertz CT molecular complexity index is 1170. The molecule has 0 unspecified atom stereocenters. The second kappa shape index (κ2) is 9.98. The van der Waals surface area contributed by atoms with Gasteiger partial charge in [0.25, 0.3) is 5.91 Å². The van der Waals surface area contributed by atoms with Gasteiger partial charge in [0.1, 0.15) is 5.82 Å². The van der Waals surface area contributed by atoms with Crippen LogP contribution in [0.3, 0.4) is 0 Å². The van der Waals surface area contributed by atoms with Gasteiger partial charge in [-0.05, 0) is 47.9 Å². The van der Waals surface area contributed by atoms with Crippen molar-refractivity contribution in [2.45, 2.75) is 26.7 Å². The first-order valence-electron chi connectivity index (χ1n) is 10.3. The van der Waals surface area contributed by atoms with E-state index in [9.17, 15) is 9.18 Å². The first kappa shape index (κ1) is 21.4. The van der Waals surface area contributed by atoms with Crippen LogP contribution in [0.25, 0.3) is 5.69 Å². The molecule has 0 saturated heterocycles. The predicted molar refractivity (Wildman–Crippen MR) is 119 cm³/mol. The summed E-state index contributed by atoms with van der Waals surface area (Å²) < 4.78 is 20.4. The Balaban J connectivity index is 1.30. The Morgan fingerprint density at radius 2 is 1.53 bits per heavy atom. The zero-order chi connectivity index (χ0) is 22.3. The van der Waals surface area contributed by atoms with Crippen LogP contribution in [0, 0.1) is 12.7 Å². The van der Waals surface area contributed by atoms with Crippen LogP contribution in [0.2, 0.25) is 0 Å². The minimum atomic E-state index is -0.335. The van der Waals surface area contributed by atoms with Crippen molar-refractivity contribution in [1.82, 2.24) is 20.3 Å². The van der Waals surface area contributed by atoms with Gasteiger partial charge < -0.3 is 10.1 Å². The predicted octanol–water partition coefficient (Wildman–Crippen LogP) is 4.36. The Morgan fingerprint density at radius 1 is 0.906 bits per heavy atom. The molecule has 6 nitrogen and oxygen atoms in total. The summed E-state index contributed by atoms with van der Waals surface area (Å²) in [5, 5.41) is 10.9. The molecule has 0 aliphatic heterocycles. The van der Waals surface area contributed by atoms with Crippen LogP contribution in [0.15, 0.2) is 78.9 Å². The molecule has 1 N–H and O–H groups in total. The summed E-state index contributed by atoms with van der Waals surface area (Å²) in [6.45, 7) is 3.21. The molecule has 0 aliphatic carbocycles. The van der Waals surface area contributed by atoms with Crippen LogP contribution in [-0.4, -0.2) is 20.9 Å². The minimum Gasteiger partial charge on any atom is -0.372 e. The van der Waals surface area contributed by atoms with Crippen LogP contribution in [0.1, 0.15) is 32.9 Å². The van der Waals surface area contributed by atoms with Crippen molar-refractivity contribution in [2.24, 2.45) is 0 Å². The SMILES string of the molecule is Cc1c(C(=O)NCc2ccc(COCc3ccccc3)cc2)nnn1-c1ccc(F)cc1. The Hall–Kier alpha value is -3.84. The third kappa shape index (κ3) is 5.25. The van der Waals surface area contributed by atoms with Crippen LogP contribution in [-0.2, 0) is 24.5 Å². The number of rotatable bonds is 8. The molecule has 0 spiro atoms. The molecule has 32 heavy (non-hydrogen) atoms. The van der Waals surface area contributed by atoms with Crippen molar-refractivity contribution in [3.63, 3.8) is 0 Å². The molecule has 0 saturated carbocycles. The average Bonchev–Trinajstić information content (AvgIpc) is 3.21. The normalized spacial score (nSPS) is 10.8. The van der Waals surface area contributed by atoms with E-state index in [1.807, 2.05) is 54.6 Å². The molecule has 0 bridgehead atoms. The summed E-state index contributed by atoms with van der Waals surface area (Å²) in [5.74, 6) is -0.649. The van der Waals surface area contributed by atoms with E-state index in [1.54, 1.807) is 19.1 Å². The number of ether oxygens (including phenoxy) is 1. The Morgan fingerprint density at radius 3 is 2.22 bits per heavy atom. The van der Waals surface area contributed by atoms with Crippen molar-refractivity contribution in [3.05, 3.63) is 113 Å². The number of benzene rings is 3. The number of aromatic nitrogens is 3. The van der Waals surface area contributed by atoms with E-state index >= 15 is 0 Å². The number of nitrogens with zero attached hydrogens (tertiary/aromatic N) is 3. The smallest absolute Gasteiger partial charge is 0.274 e. The maximum absolute atomic E-state index is 13.1. The monoisotopic (exact) mass is 430 g/mol. The van der Waals surface area contributed by atoms with Gasteiger partial charge in [-0.25, -0.2) is 9.07 Å². The minimum absolute atomic E-state index is 0.236. The highest BCUT2D eigenvalue weighted by molar-refractivity contribution is 5.93. The molecule has 1 amide bonds. The second-order valence-electron chi connectivity index (χ2n) is 7.39.